The van der Waals surface area contributed by atoms with Gasteiger partial charge in [-0.1, -0.05) is 27.7 Å². The minimum atomic E-state index is 0.0343. The van der Waals surface area contributed by atoms with Gasteiger partial charge in [0.2, 0.25) is 0 Å². The first-order chi connectivity index (χ1) is 7.39. The molecule has 0 amide bonds. The average Bonchev–Trinajstić information content (AvgIpc) is 2.64. The van der Waals surface area contributed by atoms with Crippen LogP contribution in [0.1, 0.15) is 53.4 Å². The van der Waals surface area contributed by atoms with Gasteiger partial charge in [-0.05, 0) is 48.3 Å². The second kappa shape index (κ2) is 2.91. The summed E-state index contributed by atoms with van der Waals surface area (Å²) in [6, 6.07) is 0. The maximum absolute atomic E-state index is 12.3. The van der Waals surface area contributed by atoms with Crippen LogP contribution in [0.3, 0.4) is 0 Å². The molecule has 1 nitrogen and oxygen atoms in total. The first kappa shape index (κ1) is 10.8. The minimum absolute atomic E-state index is 0.0343. The zero-order valence-electron chi connectivity index (χ0n) is 11.0. The quantitative estimate of drug-likeness (QED) is 0.608. The number of carbonyl (C=O) groups is 1. The summed E-state index contributed by atoms with van der Waals surface area (Å²) in [5.41, 5.74) is 0.553. The van der Waals surface area contributed by atoms with Crippen LogP contribution in [0.5, 0.6) is 0 Å². The van der Waals surface area contributed by atoms with Crippen molar-refractivity contribution in [1.29, 1.82) is 0 Å². The number of hydrogen-bond acceptors (Lipinski definition) is 1. The van der Waals surface area contributed by atoms with Gasteiger partial charge in [-0.3, -0.25) is 4.79 Å². The van der Waals surface area contributed by atoms with Gasteiger partial charge in [0.15, 0.2) is 0 Å². The maximum atomic E-state index is 12.3. The van der Waals surface area contributed by atoms with Gasteiger partial charge in [-0.15, -0.1) is 0 Å². The Hall–Kier alpha value is -0.330. The molecule has 3 fully saturated rings. The highest BCUT2D eigenvalue weighted by Gasteiger charge is 2.68. The number of ketones is 1. The SMILES string of the molecule is C[C@@H]1CC[C@]2(C)C(=O)CC[C@@H]3[C@@H]([C@H]12)C3(C)C. The topological polar surface area (TPSA) is 17.1 Å². The van der Waals surface area contributed by atoms with Crippen LogP contribution in [0.15, 0.2) is 0 Å². The third kappa shape index (κ3) is 1.10. The predicted molar refractivity (Wildman–Crippen MR) is 65.0 cm³/mol. The summed E-state index contributed by atoms with van der Waals surface area (Å²) in [6.45, 7) is 9.48. The summed E-state index contributed by atoms with van der Waals surface area (Å²) in [5.74, 6) is 3.69. The Morgan fingerprint density at radius 2 is 1.81 bits per heavy atom. The van der Waals surface area contributed by atoms with Crippen LogP contribution in [0.2, 0.25) is 0 Å². The molecular weight excluding hydrogens is 196 g/mol. The fourth-order valence-electron chi connectivity index (χ4n) is 5.20. The van der Waals surface area contributed by atoms with E-state index in [9.17, 15) is 4.79 Å². The highest BCUT2D eigenvalue weighted by molar-refractivity contribution is 5.85. The van der Waals surface area contributed by atoms with Crippen LogP contribution in [-0.4, -0.2) is 5.78 Å². The Labute approximate surface area is 99.0 Å². The van der Waals surface area contributed by atoms with Crippen molar-refractivity contribution in [3.63, 3.8) is 0 Å². The van der Waals surface area contributed by atoms with E-state index in [2.05, 4.69) is 27.7 Å². The minimum Gasteiger partial charge on any atom is -0.299 e. The fourth-order valence-corrected chi connectivity index (χ4v) is 5.20. The zero-order valence-corrected chi connectivity index (χ0v) is 11.0. The Morgan fingerprint density at radius 3 is 2.50 bits per heavy atom. The first-order valence-electron chi connectivity index (χ1n) is 6.92. The second-order valence-corrected chi connectivity index (χ2v) is 7.37. The molecule has 0 saturated heterocycles. The Kier molecular flexibility index (Phi) is 1.97. The number of Topliss-reactive ketones (excluding diaryl/α,β-unsaturated/α-hetero) is 1. The molecule has 90 valence electrons. The van der Waals surface area contributed by atoms with Gasteiger partial charge in [-0.25, -0.2) is 0 Å². The van der Waals surface area contributed by atoms with Gasteiger partial charge < -0.3 is 0 Å². The molecular formula is C15H24O. The van der Waals surface area contributed by atoms with Crippen molar-refractivity contribution in [3.05, 3.63) is 0 Å². The van der Waals surface area contributed by atoms with Crippen LogP contribution < -0.4 is 0 Å². The molecule has 0 spiro atoms. The standard InChI is InChI=1S/C15H24O/c1-9-7-8-15(4)11(16)6-5-10-13(12(9)15)14(10,2)3/h9-10,12-13H,5-8H2,1-4H3/t9-,10-,12+,13+,15-/m1/s1. The molecule has 0 aliphatic heterocycles. The fraction of sp³-hybridized carbons (Fsp3) is 0.933. The van der Waals surface area contributed by atoms with Gasteiger partial charge in [0.1, 0.15) is 5.78 Å². The van der Waals surface area contributed by atoms with Crippen molar-refractivity contribution >= 4 is 5.78 Å². The Bertz CT molecular complexity index is 343. The molecule has 0 heterocycles. The molecule has 0 N–H and O–H groups in total. The molecule has 0 aromatic carbocycles. The van der Waals surface area contributed by atoms with Crippen LogP contribution >= 0.6 is 0 Å². The monoisotopic (exact) mass is 220 g/mol. The van der Waals surface area contributed by atoms with E-state index in [1.165, 1.54) is 6.42 Å². The number of rotatable bonds is 0. The van der Waals surface area contributed by atoms with Crippen molar-refractivity contribution in [2.24, 2.45) is 34.5 Å². The van der Waals surface area contributed by atoms with E-state index >= 15 is 0 Å². The molecule has 1 heteroatoms. The molecule has 3 rings (SSSR count). The number of fused-ring (bicyclic) bond motifs is 3. The Morgan fingerprint density at radius 1 is 1.12 bits per heavy atom. The van der Waals surface area contributed by atoms with Crippen LogP contribution in [0, 0.1) is 34.5 Å². The predicted octanol–water partition coefficient (Wildman–Crippen LogP) is 3.67. The molecule has 5 atom stereocenters. The molecule has 3 aliphatic rings. The largest absolute Gasteiger partial charge is 0.299 e. The van der Waals surface area contributed by atoms with E-state index in [0.717, 1.165) is 37.0 Å². The molecule has 0 radical (unpaired) electrons. The highest BCUT2D eigenvalue weighted by atomic mass is 16.1. The van der Waals surface area contributed by atoms with E-state index < -0.39 is 0 Å². The second-order valence-electron chi connectivity index (χ2n) is 7.37. The van der Waals surface area contributed by atoms with Crippen LogP contribution in [0.4, 0.5) is 0 Å². The van der Waals surface area contributed by atoms with Crippen LogP contribution in [-0.2, 0) is 4.79 Å². The molecule has 3 saturated carbocycles. The van der Waals surface area contributed by atoms with Crippen molar-refractivity contribution < 1.29 is 4.79 Å². The van der Waals surface area contributed by atoms with Crippen LogP contribution in [0.25, 0.3) is 0 Å². The van der Waals surface area contributed by atoms with Gasteiger partial charge in [0.25, 0.3) is 0 Å². The first-order valence-corrected chi connectivity index (χ1v) is 6.92. The molecule has 0 unspecified atom stereocenters. The van der Waals surface area contributed by atoms with E-state index in [4.69, 9.17) is 0 Å². The molecule has 0 bridgehead atoms. The zero-order chi connectivity index (χ0) is 11.7. The summed E-state index contributed by atoms with van der Waals surface area (Å²) in [6.07, 6.45) is 4.43. The van der Waals surface area contributed by atoms with E-state index in [-0.39, 0.29) is 5.41 Å². The van der Waals surface area contributed by atoms with Gasteiger partial charge >= 0.3 is 0 Å². The summed E-state index contributed by atoms with van der Waals surface area (Å²) in [5, 5.41) is 0. The number of hydrogen-bond donors (Lipinski definition) is 0. The average molecular weight is 220 g/mol. The maximum Gasteiger partial charge on any atom is 0.139 e. The van der Waals surface area contributed by atoms with Gasteiger partial charge in [0.05, 0.1) is 0 Å². The third-order valence-corrected chi connectivity index (χ3v) is 6.31. The molecule has 0 aromatic rings. The van der Waals surface area contributed by atoms with Gasteiger partial charge in [-0.2, -0.15) is 0 Å². The third-order valence-electron chi connectivity index (χ3n) is 6.31. The summed E-state index contributed by atoms with van der Waals surface area (Å²) in [7, 11) is 0. The number of carbonyl (C=O) groups excluding carboxylic acids is 1. The summed E-state index contributed by atoms with van der Waals surface area (Å²) >= 11 is 0. The van der Waals surface area contributed by atoms with Crippen molar-refractivity contribution in [1.82, 2.24) is 0 Å². The molecule has 3 aliphatic carbocycles. The lowest BCUT2D eigenvalue weighted by atomic mass is 9.70. The highest BCUT2D eigenvalue weighted by Crippen LogP contribution is 2.72. The van der Waals surface area contributed by atoms with Crippen molar-refractivity contribution in [3.8, 4) is 0 Å². The summed E-state index contributed by atoms with van der Waals surface area (Å²) in [4.78, 5) is 12.3. The van der Waals surface area contributed by atoms with E-state index in [1.54, 1.807) is 0 Å². The molecule has 16 heavy (non-hydrogen) atoms. The lowest BCUT2D eigenvalue weighted by Crippen LogP contribution is -2.34. The Balaban J connectivity index is 2.01. The summed E-state index contributed by atoms with van der Waals surface area (Å²) < 4.78 is 0. The lowest BCUT2D eigenvalue weighted by Gasteiger charge is -2.32. The van der Waals surface area contributed by atoms with Crippen molar-refractivity contribution in [2.75, 3.05) is 0 Å². The van der Waals surface area contributed by atoms with Crippen molar-refractivity contribution in [2.45, 2.75) is 53.4 Å². The normalized spacial score (nSPS) is 54.1. The lowest BCUT2D eigenvalue weighted by molar-refractivity contribution is -0.130. The van der Waals surface area contributed by atoms with E-state index in [0.29, 0.717) is 17.1 Å². The van der Waals surface area contributed by atoms with E-state index in [1.807, 2.05) is 0 Å². The smallest absolute Gasteiger partial charge is 0.139 e. The van der Waals surface area contributed by atoms with Gasteiger partial charge in [0, 0.05) is 11.8 Å². The molecule has 0 aromatic heterocycles.